The van der Waals surface area contributed by atoms with E-state index in [4.69, 9.17) is 4.98 Å². The number of halogens is 1. The summed E-state index contributed by atoms with van der Waals surface area (Å²) in [6.45, 7) is 1.79. The summed E-state index contributed by atoms with van der Waals surface area (Å²) in [5.74, 6) is 0.0768. The second-order valence-corrected chi connectivity index (χ2v) is 8.20. The van der Waals surface area contributed by atoms with Gasteiger partial charge in [-0.25, -0.2) is 9.37 Å². The molecule has 10 heteroatoms. The number of carbonyl (C=O) groups excluding carboxylic acids is 1. The Kier molecular flexibility index (Phi) is 5.18. The lowest BCUT2D eigenvalue weighted by Crippen LogP contribution is -2.09. The first-order valence-corrected chi connectivity index (χ1v) is 11.3. The van der Waals surface area contributed by atoms with E-state index in [0.29, 0.717) is 51.5 Å². The minimum Gasteiger partial charge on any atom is -0.335 e. The molecule has 0 bridgehead atoms. The Morgan fingerprint density at radius 2 is 1.86 bits per heavy atom. The van der Waals surface area contributed by atoms with Gasteiger partial charge in [0.15, 0.2) is 5.82 Å². The standard InChI is InChI=1S/C26H19FN8O/c1-2-23(36)31-15-7-14(9-28-10-15)20-8-17-21(13-30-20)34-35-25(17)26-32-22-12-29-11-18(24(22)33-26)16-5-3-4-6-19(16)27/h3-13H,2H2,1H3,(H,31,36)(H,32,33)(H,34,35). The zero-order valence-electron chi connectivity index (χ0n) is 19.1. The average molecular weight is 478 g/mol. The number of hydrogen-bond acceptors (Lipinski definition) is 6. The number of nitrogens with one attached hydrogen (secondary N) is 3. The maximum absolute atomic E-state index is 14.5. The number of benzene rings is 1. The van der Waals surface area contributed by atoms with Gasteiger partial charge in [0, 0.05) is 40.9 Å². The zero-order chi connectivity index (χ0) is 24.6. The van der Waals surface area contributed by atoms with Crippen LogP contribution in [0.25, 0.3) is 55.8 Å². The van der Waals surface area contributed by atoms with E-state index in [-0.39, 0.29) is 11.7 Å². The predicted octanol–water partition coefficient (Wildman–Crippen LogP) is 5.11. The van der Waals surface area contributed by atoms with Crippen LogP contribution in [0.4, 0.5) is 10.1 Å². The van der Waals surface area contributed by atoms with Crippen LogP contribution < -0.4 is 5.32 Å². The Morgan fingerprint density at radius 1 is 1.00 bits per heavy atom. The molecule has 5 heterocycles. The van der Waals surface area contributed by atoms with E-state index >= 15 is 0 Å². The fourth-order valence-corrected chi connectivity index (χ4v) is 4.07. The molecule has 5 aromatic heterocycles. The van der Waals surface area contributed by atoms with Crippen molar-refractivity contribution in [1.29, 1.82) is 0 Å². The van der Waals surface area contributed by atoms with Crippen molar-refractivity contribution in [3.63, 3.8) is 0 Å². The van der Waals surface area contributed by atoms with Crippen molar-refractivity contribution in [2.75, 3.05) is 5.32 Å². The van der Waals surface area contributed by atoms with E-state index in [0.717, 1.165) is 16.5 Å². The molecule has 3 N–H and O–H groups in total. The van der Waals surface area contributed by atoms with Crippen LogP contribution in [-0.2, 0) is 4.79 Å². The molecule has 0 saturated heterocycles. The van der Waals surface area contributed by atoms with Gasteiger partial charge < -0.3 is 10.3 Å². The molecule has 0 aliphatic heterocycles. The molecule has 36 heavy (non-hydrogen) atoms. The van der Waals surface area contributed by atoms with E-state index in [9.17, 15) is 9.18 Å². The summed E-state index contributed by atoms with van der Waals surface area (Å²) in [5, 5.41) is 11.1. The van der Waals surface area contributed by atoms with Gasteiger partial charge in [0.1, 0.15) is 17.0 Å². The van der Waals surface area contributed by atoms with Gasteiger partial charge >= 0.3 is 0 Å². The van der Waals surface area contributed by atoms with Gasteiger partial charge in [0.25, 0.3) is 0 Å². The number of fused-ring (bicyclic) bond motifs is 2. The molecule has 0 spiro atoms. The van der Waals surface area contributed by atoms with Crippen LogP contribution in [0, 0.1) is 5.82 Å². The minimum absolute atomic E-state index is 0.0939. The Bertz CT molecular complexity index is 1760. The van der Waals surface area contributed by atoms with Crippen LogP contribution in [-0.4, -0.2) is 41.0 Å². The molecule has 6 rings (SSSR count). The summed E-state index contributed by atoms with van der Waals surface area (Å²) >= 11 is 0. The number of anilines is 1. The SMILES string of the molecule is CCC(=O)Nc1cncc(-c2cc3c(-c4nc5c(-c6ccccc6F)cncc5[nH]4)n[nH]c3cn2)c1. The van der Waals surface area contributed by atoms with Gasteiger partial charge in [-0.3, -0.25) is 24.8 Å². The van der Waals surface area contributed by atoms with E-state index in [2.05, 4.69) is 35.5 Å². The highest BCUT2D eigenvalue weighted by molar-refractivity contribution is 5.97. The largest absolute Gasteiger partial charge is 0.335 e. The molecule has 0 unspecified atom stereocenters. The van der Waals surface area contributed by atoms with Gasteiger partial charge in [-0.05, 0) is 18.2 Å². The normalized spacial score (nSPS) is 11.3. The van der Waals surface area contributed by atoms with E-state index in [1.54, 1.807) is 56.1 Å². The highest BCUT2D eigenvalue weighted by Crippen LogP contribution is 2.33. The molecular formula is C26H19FN8O. The van der Waals surface area contributed by atoms with E-state index in [1.807, 2.05) is 12.1 Å². The molecule has 0 aliphatic carbocycles. The third kappa shape index (κ3) is 3.74. The number of rotatable bonds is 5. The lowest BCUT2D eigenvalue weighted by atomic mass is 10.1. The van der Waals surface area contributed by atoms with Gasteiger partial charge in [-0.2, -0.15) is 5.10 Å². The maximum atomic E-state index is 14.5. The van der Waals surface area contributed by atoms with Crippen molar-refractivity contribution in [2.24, 2.45) is 0 Å². The smallest absolute Gasteiger partial charge is 0.224 e. The molecule has 1 aromatic carbocycles. The molecule has 0 fully saturated rings. The predicted molar refractivity (Wildman–Crippen MR) is 134 cm³/mol. The third-order valence-electron chi connectivity index (χ3n) is 5.87. The summed E-state index contributed by atoms with van der Waals surface area (Å²) in [6.07, 6.45) is 8.59. The second-order valence-electron chi connectivity index (χ2n) is 8.20. The van der Waals surface area contributed by atoms with Crippen LogP contribution in [0.15, 0.2) is 67.4 Å². The number of imidazole rings is 1. The fourth-order valence-electron chi connectivity index (χ4n) is 4.07. The summed E-state index contributed by atoms with van der Waals surface area (Å²) in [7, 11) is 0. The van der Waals surface area contributed by atoms with Crippen LogP contribution in [0.5, 0.6) is 0 Å². The Balaban J connectivity index is 1.44. The number of amides is 1. The van der Waals surface area contributed by atoms with Crippen molar-refractivity contribution in [3.05, 3.63) is 73.2 Å². The lowest BCUT2D eigenvalue weighted by Gasteiger charge is -2.06. The molecule has 9 nitrogen and oxygen atoms in total. The molecular weight excluding hydrogens is 459 g/mol. The molecule has 6 aromatic rings. The van der Waals surface area contributed by atoms with Gasteiger partial charge in [-0.1, -0.05) is 25.1 Å². The first kappa shape index (κ1) is 21.5. The number of carbonyl (C=O) groups is 1. The van der Waals surface area contributed by atoms with Gasteiger partial charge in [0.05, 0.1) is 41.0 Å². The number of nitrogens with zero attached hydrogens (tertiary/aromatic N) is 5. The number of H-pyrrole nitrogens is 2. The number of aromatic amines is 2. The number of hydrogen-bond donors (Lipinski definition) is 3. The lowest BCUT2D eigenvalue weighted by molar-refractivity contribution is -0.115. The van der Waals surface area contributed by atoms with Crippen LogP contribution in [0.2, 0.25) is 0 Å². The number of pyridine rings is 3. The topological polar surface area (TPSA) is 125 Å². The summed E-state index contributed by atoms with van der Waals surface area (Å²) in [5.41, 5.74) is 5.60. The van der Waals surface area contributed by atoms with Crippen molar-refractivity contribution in [1.82, 2.24) is 35.1 Å². The first-order chi connectivity index (χ1) is 17.6. The number of aromatic nitrogens is 7. The Hall–Kier alpha value is -4.99. The van der Waals surface area contributed by atoms with Gasteiger partial charge in [-0.15, -0.1) is 0 Å². The molecule has 0 atom stereocenters. The molecule has 0 radical (unpaired) electrons. The second kappa shape index (κ2) is 8.66. The molecule has 176 valence electrons. The van der Waals surface area contributed by atoms with Gasteiger partial charge in [0.2, 0.25) is 5.91 Å². The summed E-state index contributed by atoms with van der Waals surface area (Å²) < 4.78 is 14.5. The van der Waals surface area contributed by atoms with Crippen LogP contribution in [0.1, 0.15) is 13.3 Å². The van der Waals surface area contributed by atoms with Crippen molar-refractivity contribution >= 4 is 33.5 Å². The van der Waals surface area contributed by atoms with E-state index in [1.165, 1.54) is 6.07 Å². The van der Waals surface area contributed by atoms with Crippen molar-refractivity contribution < 1.29 is 9.18 Å². The average Bonchev–Trinajstić information content (AvgIpc) is 3.52. The molecule has 0 saturated carbocycles. The summed E-state index contributed by atoms with van der Waals surface area (Å²) in [6, 6.07) is 10.2. The summed E-state index contributed by atoms with van der Waals surface area (Å²) in [4.78, 5) is 32.8. The fraction of sp³-hybridized carbons (Fsp3) is 0.0769. The van der Waals surface area contributed by atoms with E-state index < -0.39 is 0 Å². The monoisotopic (exact) mass is 478 g/mol. The minimum atomic E-state index is -0.344. The first-order valence-electron chi connectivity index (χ1n) is 11.3. The molecule has 0 aliphatic rings. The van der Waals surface area contributed by atoms with Crippen molar-refractivity contribution in [2.45, 2.75) is 13.3 Å². The quantitative estimate of drug-likeness (QED) is 0.316. The highest BCUT2D eigenvalue weighted by atomic mass is 19.1. The Labute approximate surface area is 203 Å². The third-order valence-corrected chi connectivity index (χ3v) is 5.87. The zero-order valence-corrected chi connectivity index (χ0v) is 19.1. The molecule has 1 amide bonds. The Morgan fingerprint density at radius 3 is 2.72 bits per heavy atom. The van der Waals surface area contributed by atoms with Crippen molar-refractivity contribution in [3.8, 4) is 33.9 Å². The highest BCUT2D eigenvalue weighted by Gasteiger charge is 2.18. The maximum Gasteiger partial charge on any atom is 0.224 e. The van der Waals surface area contributed by atoms with Crippen LogP contribution >= 0.6 is 0 Å². The van der Waals surface area contributed by atoms with Crippen LogP contribution in [0.3, 0.4) is 0 Å².